The largest absolute Gasteiger partial charge is 0.313 e. The predicted octanol–water partition coefficient (Wildman–Crippen LogP) is 5.11. The molecule has 1 nitrogen and oxygen atoms in total. The van der Waals surface area contributed by atoms with Crippen molar-refractivity contribution in [2.45, 2.75) is 57.4 Å². The van der Waals surface area contributed by atoms with E-state index in [0.717, 1.165) is 29.5 Å². The zero-order valence-corrected chi connectivity index (χ0v) is 13.8. The highest BCUT2D eigenvalue weighted by Crippen LogP contribution is 2.22. The van der Waals surface area contributed by atoms with E-state index in [0.29, 0.717) is 6.04 Å². The highest BCUT2D eigenvalue weighted by Gasteiger charge is 2.13. The van der Waals surface area contributed by atoms with Crippen LogP contribution >= 0.6 is 11.8 Å². The lowest BCUT2D eigenvalue weighted by Crippen LogP contribution is -2.33. The molecule has 1 N–H and O–H groups in total. The maximum atomic E-state index is 13.2. The Hall–Kier alpha value is -0.540. The van der Waals surface area contributed by atoms with Crippen molar-refractivity contribution in [2.75, 3.05) is 12.3 Å². The SMILES string of the molecule is CCCNC(CSc1cccc(F)c1)CC(C)CCC. The lowest BCUT2D eigenvalue weighted by Gasteiger charge is -2.22. The van der Waals surface area contributed by atoms with Gasteiger partial charge in [0.2, 0.25) is 0 Å². The number of hydrogen-bond donors (Lipinski definition) is 1. The van der Waals surface area contributed by atoms with Gasteiger partial charge in [0.1, 0.15) is 5.82 Å². The van der Waals surface area contributed by atoms with Crippen molar-refractivity contribution in [1.29, 1.82) is 0 Å². The molecule has 2 unspecified atom stereocenters. The number of rotatable bonds is 10. The fraction of sp³-hybridized carbons (Fsp3) is 0.647. The molecule has 0 aromatic heterocycles. The minimum absolute atomic E-state index is 0.146. The van der Waals surface area contributed by atoms with Gasteiger partial charge in [0, 0.05) is 16.7 Å². The number of benzene rings is 1. The van der Waals surface area contributed by atoms with Crippen molar-refractivity contribution in [3.8, 4) is 0 Å². The quantitative estimate of drug-likeness (QED) is 0.602. The Morgan fingerprint density at radius 1 is 1.25 bits per heavy atom. The molecule has 0 heterocycles. The van der Waals surface area contributed by atoms with Crippen LogP contribution in [0.4, 0.5) is 4.39 Å². The molecule has 20 heavy (non-hydrogen) atoms. The Bertz CT molecular complexity index is 370. The molecular formula is C17H28FNS. The van der Waals surface area contributed by atoms with Gasteiger partial charge in [0.25, 0.3) is 0 Å². The van der Waals surface area contributed by atoms with E-state index in [2.05, 4.69) is 26.1 Å². The number of hydrogen-bond acceptors (Lipinski definition) is 2. The minimum Gasteiger partial charge on any atom is -0.313 e. The summed E-state index contributed by atoms with van der Waals surface area (Å²) in [6.45, 7) is 7.83. The Balaban J connectivity index is 2.46. The summed E-state index contributed by atoms with van der Waals surface area (Å²) in [5.74, 6) is 1.62. The van der Waals surface area contributed by atoms with Crippen LogP contribution in [0.1, 0.15) is 46.5 Å². The average Bonchev–Trinajstić information content (AvgIpc) is 2.42. The second kappa shape index (κ2) is 10.2. The molecule has 2 atom stereocenters. The third kappa shape index (κ3) is 7.30. The van der Waals surface area contributed by atoms with Crippen molar-refractivity contribution in [3.05, 3.63) is 30.1 Å². The summed E-state index contributed by atoms with van der Waals surface area (Å²) in [6.07, 6.45) is 4.90. The van der Waals surface area contributed by atoms with Crippen molar-refractivity contribution in [2.24, 2.45) is 5.92 Å². The summed E-state index contributed by atoms with van der Waals surface area (Å²) < 4.78 is 13.2. The Kier molecular flexibility index (Phi) is 8.95. The molecule has 0 spiro atoms. The molecule has 0 saturated heterocycles. The standard InChI is InChI=1S/C17H28FNS/c1-4-7-14(3)11-16(19-10-5-2)13-20-17-9-6-8-15(18)12-17/h6,8-9,12,14,16,19H,4-5,7,10-11,13H2,1-3H3. The van der Waals surface area contributed by atoms with Gasteiger partial charge in [-0.05, 0) is 43.5 Å². The van der Waals surface area contributed by atoms with Crippen LogP contribution in [0.3, 0.4) is 0 Å². The van der Waals surface area contributed by atoms with E-state index in [1.807, 2.05) is 6.07 Å². The Morgan fingerprint density at radius 2 is 2.05 bits per heavy atom. The lowest BCUT2D eigenvalue weighted by atomic mass is 9.98. The monoisotopic (exact) mass is 297 g/mol. The molecule has 1 aromatic rings. The fourth-order valence-electron chi connectivity index (χ4n) is 2.41. The van der Waals surface area contributed by atoms with Gasteiger partial charge in [0.05, 0.1) is 0 Å². The van der Waals surface area contributed by atoms with Gasteiger partial charge in [-0.3, -0.25) is 0 Å². The van der Waals surface area contributed by atoms with E-state index >= 15 is 0 Å². The van der Waals surface area contributed by atoms with Gasteiger partial charge in [-0.2, -0.15) is 0 Å². The van der Waals surface area contributed by atoms with Gasteiger partial charge in [-0.1, -0.05) is 39.7 Å². The normalized spacial score (nSPS) is 14.2. The molecule has 114 valence electrons. The van der Waals surface area contributed by atoms with E-state index in [-0.39, 0.29) is 5.82 Å². The zero-order chi connectivity index (χ0) is 14.8. The van der Waals surface area contributed by atoms with E-state index in [9.17, 15) is 4.39 Å². The summed E-state index contributed by atoms with van der Waals surface area (Å²) in [5, 5.41) is 3.63. The summed E-state index contributed by atoms with van der Waals surface area (Å²) in [4.78, 5) is 1.02. The van der Waals surface area contributed by atoms with Gasteiger partial charge >= 0.3 is 0 Å². The molecule has 0 saturated carbocycles. The molecule has 1 rings (SSSR count). The maximum absolute atomic E-state index is 13.2. The highest BCUT2D eigenvalue weighted by atomic mass is 32.2. The molecule has 0 bridgehead atoms. The highest BCUT2D eigenvalue weighted by molar-refractivity contribution is 7.99. The predicted molar refractivity (Wildman–Crippen MR) is 87.9 cm³/mol. The molecule has 0 aliphatic carbocycles. The van der Waals surface area contributed by atoms with E-state index < -0.39 is 0 Å². The van der Waals surface area contributed by atoms with E-state index in [1.54, 1.807) is 23.9 Å². The van der Waals surface area contributed by atoms with Crippen LogP contribution in [-0.2, 0) is 0 Å². The molecule has 0 aliphatic rings. The van der Waals surface area contributed by atoms with Crippen molar-refractivity contribution >= 4 is 11.8 Å². The molecule has 0 radical (unpaired) electrons. The van der Waals surface area contributed by atoms with E-state index in [1.165, 1.54) is 25.3 Å². The van der Waals surface area contributed by atoms with Gasteiger partial charge in [0.15, 0.2) is 0 Å². The van der Waals surface area contributed by atoms with Crippen molar-refractivity contribution in [1.82, 2.24) is 5.32 Å². The summed E-state index contributed by atoms with van der Waals surface area (Å²) >= 11 is 1.75. The number of halogens is 1. The first-order valence-electron chi connectivity index (χ1n) is 7.77. The van der Waals surface area contributed by atoms with Crippen LogP contribution < -0.4 is 5.32 Å². The third-order valence-corrected chi connectivity index (χ3v) is 4.55. The lowest BCUT2D eigenvalue weighted by molar-refractivity contribution is 0.404. The van der Waals surface area contributed by atoms with Gasteiger partial charge in [-0.25, -0.2) is 4.39 Å². The molecule has 3 heteroatoms. The fourth-order valence-corrected chi connectivity index (χ4v) is 3.43. The second-order valence-electron chi connectivity index (χ2n) is 5.55. The first-order chi connectivity index (χ1) is 9.65. The summed E-state index contributed by atoms with van der Waals surface area (Å²) in [7, 11) is 0. The summed E-state index contributed by atoms with van der Waals surface area (Å²) in [5.41, 5.74) is 0. The smallest absolute Gasteiger partial charge is 0.124 e. The Morgan fingerprint density at radius 3 is 2.70 bits per heavy atom. The first kappa shape index (κ1) is 17.5. The van der Waals surface area contributed by atoms with Crippen LogP contribution in [0.15, 0.2) is 29.2 Å². The Labute approximate surface area is 127 Å². The van der Waals surface area contributed by atoms with Gasteiger partial charge in [-0.15, -0.1) is 11.8 Å². The molecule has 0 aliphatic heterocycles. The van der Waals surface area contributed by atoms with Crippen molar-refractivity contribution in [3.63, 3.8) is 0 Å². The number of thioether (sulfide) groups is 1. The summed E-state index contributed by atoms with van der Waals surface area (Å²) in [6, 6.07) is 7.41. The van der Waals surface area contributed by atoms with Crippen LogP contribution in [0, 0.1) is 11.7 Å². The van der Waals surface area contributed by atoms with Crippen LogP contribution in [-0.4, -0.2) is 18.3 Å². The zero-order valence-electron chi connectivity index (χ0n) is 13.0. The third-order valence-electron chi connectivity index (χ3n) is 3.40. The minimum atomic E-state index is -0.146. The average molecular weight is 297 g/mol. The maximum Gasteiger partial charge on any atom is 0.124 e. The van der Waals surface area contributed by atoms with Gasteiger partial charge < -0.3 is 5.32 Å². The topological polar surface area (TPSA) is 12.0 Å². The first-order valence-corrected chi connectivity index (χ1v) is 8.76. The van der Waals surface area contributed by atoms with Crippen LogP contribution in [0.25, 0.3) is 0 Å². The second-order valence-corrected chi connectivity index (χ2v) is 6.64. The number of nitrogens with one attached hydrogen (secondary N) is 1. The van der Waals surface area contributed by atoms with Crippen LogP contribution in [0.2, 0.25) is 0 Å². The molecule has 0 fully saturated rings. The van der Waals surface area contributed by atoms with Crippen molar-refractivity contribution < 1.29 is 4.39 Å². The molecular weight excluding hydrogens is 269 g/mol. The molecule has 0 amide bonds. The van der Waals surface area contributed by atoms with E-state index in [4.69, 9.17) is 0 Å². The van der Waals surface area contributed by atoms with Crippen LogP contribution in [0.5, 0.6) is 0 Å². The molecule has 1 aromatic carbocycles.